The molecule has 0 fully saturated rings. The summed E-state index contributed by atoms with van der Waals surface area (Å²) in [5, 5.41) is 8.67. The van der Waals surface area contributed by atoms with Crippen LogP contribution in [0.25, 0.3) is 0 Å². The van der Waals surface area contributed by atoms with E-state index in [-0.39, 0.29) is 29.8 Å². The van der Waals surface area contributed by atoms with Gasteiger partial charge < -0.3 is 5.11 Å². The van der Waals surface area contributed by atoms with Crippen molar-refractivity contribution in [3.05, 3.63) is 34.6 Å². The van der Waals surface area contributed by atoms with E-state index in [9.17, 15) is 14.0 Å². The Hall–Kier alpha value is -1.42. The molecule has 5 heteroatoms. The van der Waals surface area contributed by atoms with Gasteiger partial charge in [0.05, 0.1) is 5.56 Å². The SMILES string of the molecule is O=C(O)CCCC(=O)c1cc(Cl)ccc1F. The fourth-order valence-corrected chi connectivity index (χ4v) is 1.42. The number of ketones is 1. The summed E-state index contributed by atoms with van der Waals surface area (Å²) in [6, 6.07) is 3.72. The molecule has 0 spiro atoms. The molecule has 0 aliphatic carbocycles. The first kappa shape index (κ1) is 12.6. The molecule has 0 aliphatic heterocycles. The third-order valence-electron chi connectivity index (χ3n) is 2.02. The molecule has 0 heterocycles. The lowest BCUT2D eigenvalue weighted by molar-refractivity contribution is -0.137. The second-order valence-corrected chi connectivity index (χ2v) is 3.73. The molecule has 0 saturated heterocycles. The Labute approximate surface area is 96.8 Å². The standard InChI is InChI=1S/C11H10ClFO3/c12-7-4-5-9(13)8(6-7)10(14)2-1-3-11(15)16/h4-6H,1-3H2,(H,15,16). The first-order valence-corrected chi connectivity index (χ1v) is 5.08. The third-order valence-corrected chi connectivity index (χ3v) is 2.26. The van der Waals surface area contributed by atoms with Crippen LogP contribution in [0, 0.1) is 5.82 Å². The van der Waals surface area contributed by atoms with Crippen LogP contribution in [0.15, 0.2) is 18.2 Å². The van der Waals surface area contributed by atoms with Crippen molar-refractivity contribution in [3.8, 4) is 0 Å². The summed E-state index contributed by atoms with van der Waals surface area (Å²) in [6.07, 6.45) is 0.0948. The van der Waals surface area contributed by atoms with Crippen LogP contribution in [-0.2, 0) is 4.79 Å². The van der Waals surface area contributed by atoms with Gasteiger partial charge >= 0.3 is 5.97 Å². The van der Waals surface area contributed by atoms with Crippen LogP contribution in [-0.4, -0.2) is 16.9 Å². The molecule has 3 nitrogen and oxygen atoms in total. The summed E-state index contributed by atoms with van der Waals surface area (Å²) in [5.74, 6) is -2.04. The quantitative estimate of drug-likeness (QED) is 0.811. The van der Waals surface area contributed by atoms with Crippen LogP contribution in [0.5, 0.6) is 0 Å². The molecule has 0 aromatic heterocycles. The van der Waals surface area contributed by atoms with Crippen molar-refractivity contribution in [3.63, 3.8) is 0 Å². The molecule has 0 atom stereocenters. The predicted octanol–water partition coefficient (Wildman–Crippen LogP) is 2.92. The number of carboxylic acid groups (broad SMARTS) is 1. The van der Waals surface area contributed by atoms with Crippen molar-refractivity contribution >= 4 is 23.4 Å². The van der Waals surface area contributed by atoms with Crippen LogP contribution in [0.3, 0.4) is 0 Å². The van der Waals surface area contributed by atoms with Crippen LogP contribution in [0.1, 0.15) is 29.6 Å². The minimum absolute atomic E-state index is 0.00353. The van der Waals surface area contributed by atoms with Gasteiger partial charge in [0.2, 0.25) is 0 Å². The van der Waals surface area contributed by atoms with E-state index in [2.05, 4.69) is 0 Å². The molecule has 86 valence electrons. The maximum atomic E-state index is 13.2. The summed E-state index contributed by atoms with van der Waals surface area (Å²) in [5.41, 5.74) is -0.0853. The average molecular weight is 245 g/mol. The van der Waals surface area contributed by atoms with Crippen LogP contribution in [0.4, 0.5) is 4.39 Å². The molecule has 0 unspecified atom stereocenters. The Morgan fingerprint density at radius 1 is 1.31 bits per heavy atom. The number of hydrogen-bond acceptors (Lipinski definition) is 2. The second kappa shape index (κ2) is 5.61. The zero-order chi connectivity index (χ0) is 12.1. The zero-order valence-electron chi connectivity index (χ0n) is 8.37. The Kier molecular flexibility index (Phi) is 4.43. The zero-order valence-corrected chi connectivity index (χ0v) is 9.13. The normalized spacial score (nSPS) is 10.1. The van der Waals surface area contributed by atoms with E-state index >= 15 is 0 Å². The number of carbonyl (C=O) groups excluding carboxylic acids is 1. The summed E-state index contributed by atoms with van der Waals surface area (Å²) in [7, 11) is 0. The minimum Gasteiger partial charge on any atom is -0.481 e. The van der Waals surface area contributed by atoms with Gasteiger partial charge in [-0.1, -0.05) is 11.6 Å². The highest BCUT2D eigenvalue weighted by Gasteiger charge is 2.12. The van der Waals surface area contributed by atoms with E-state index in [0.29, 0.717) is 0 Å². The van der Waals surface area contributed by atoms with E-state index in [1.54, 1.807) is 0 Å². The number of rotatable bonds is 5. The number of halogens is 2. The van der Waals surface area contributed by atoms with E-state index in [0.717, 1.165) is 6.07 Å². The van der Waals surface area contributed by atoms with E-state index < -0.39 is 17.6 Å². The molecular weight excluding hydrogens is 235 g/mol. The highest BCUT2D eigenvalue weighted by Crippen LogP contribution is 2.17. The van der Waals surface area contributed by atoms with Crippen molar-refractivity contribution in [2.45, 2.75) is 19.3 Å². The summed E-state index contributed by atoms with van der Waals surface area (Å²) >= 11 is 5.63. The molecule has 1 rings (SSSR count). The number of carbonyl (C=O) groups is 2. The Bertz CT molecular complexity index is 418. The molecular formula is C11H10ClFO3. The lowest BCUT2D eigenvalue weighted by atomic mass is 10.1. The minimum atomic E-state index is -0.973. The number of aliphatic carboxylic acids is 1. The first-order chi connectivity index (χ1) is 7.50. The Morgan fingerprint density at radius 3 is 2.62 bits per heavy atom. The molecule has 0 saturated carbocycles. The number of Topliss-reactive ketones (excluding diaryl/α,β-unsaturated/α-hetero) is 1. The van der Waals surface area contributed by atoms with Gasteiger partial charge in [-0.05, 0) is 24.6 Å². The summed E-state index contributed by atoms with van der Waals surface area (Å²) < 4.78 is 13.2. The number of carboxylic acids is 1. The molecule has 16 heavy (non-hydrogen) atoms. The van der Waals surface area contributed by atoms with Gasteiger partial charge in [-0.15, -0.1) is 0 Å². The molecule has 0 aliphatic rings. The first-order valence-electron chi connectivity index (χ1n) is 4.70. The largest absolute Gasteiger partial charge is 0.481 e. The van der Waals surface area contributed by atoms with E-state index in [1.165, 1.54) is 12.1 Å². The smallest absolute Gasteiger partial charge is 0.303 e. The lowest BCUT2D eigenvalue weighted by Crippen LogP contribution is -2.04. The van der Waals surface area contributed by atoms with Gasteiger partial charge in [-0.2, -0.15) is 0 Å². The lowest BCUT2D eigenvalue weighted by Gasteiger charge is -2.02. The summed E-state index contributed by atoms with van der Waals surface area (Å²) in [6.45, 7) is 0. The van der Waals surface area contributed by atoms with Crippen molar-refractivity contribution in [1.29, 1.82) is 0 Å². The molecule has 1 N–H and O–H groups in total. The van der Waals surface area contributed by atoms with Gasteiger partial charge in [0.25, 0.3) is 0 Å². The van der Waals surface area contributed by atoms with Gasteiger partial charge in [-0.3, -0.25) is 9.59 Å². The monoisotopic (exact) mass is 244 g/mol. The van der Waals surface area contributed by atoms with Crippen LogP contribution in [0.2, 0.25) is 5.02 Å². The van der Waals surface area contributed by atoms with E-state index in [1.807, 2.05) is 0 Å². The topological polar surface area (TPSA) is 54.4 Å². The molecule has 1 aromatic rings. The maximum Gasteiger partial charge on any atom is 0.303 e. The van der Waals surface area contributed by atoms with Crippen LogP contribution >= 0.6 is 11.6 Å². The van der Waals surface area contributed by atoms with Gasteiger partial charge in [0.15, 0.2) is 5.78 Å². The molecule has 0 amide bonds. The molecule has 1 aromatic carbocycles. The highest BCUT2D eigenvalue weighted by molar-refractivity contribution is 6.31. The fourth-order valence-electron chi connectivity index (χ4n) is 1.25. The van der Waals surface area contributed by atoms with Crippen molar-refractivity contribution in [2.75, 3.05) is 0 Å². The number of hydrogen-bond donors (Lipinski definition) is 1. The van der Waals surface area contributed by atoms with Gasteiger partial charge in [0.1, 0.15) is 5.82 Å². The average Bonchev–Trinajstić information content (AvgIpc) is 2.21. The summed E-state index contributed by atoms with van der Waals surface area (Å²) in [4.78, 5) is 21.7. The van der Waals surface area contributed by atoms with Gasteiger partial charge in [-0.25, -0.2) is 4.39 Å². The fraction of sp³-hybridized carbons (Fsp3) is 0.273. The van der Waals surface area contributed by atoms with E-state index in [4.69, 9.17) is 16.7 Å². The molecule has 0 bridgehead atoms. The predicted molar refractivity (Wildman–Crippen MR) is 57.2 cm³/mol. The van der Waals surface area contributed by atoms with Crippen molar-refractivity contribution < 1.29 is 19.1 Å². The van der Waals surface area contributed by atoms with Crippen molar-refractivity contribution in [1.82, 2.24) is 0 Å². The van der Waals surface area contributed by atoms with Crippen LogP contribution < -0.4 is 0 Å². The third kappa shape index (κ3) is 3.62. The molecule has 0 radical (unpaired) electrons. The Morgan fingerprint density at radius 2 is 2.00 bits per heavy atom. The van der Waals surface area contributed by atoms with Gasteiger partial charge in [0, 0.05) is 17.9 Å². The second-order valence-electron chi connectivity index (χ2n) is 3.29. The highest BCUT2D eigenvalue weighted by atomic mass is 35.5. The maximum absolute atomic E-state index is 13.2. The Balaban J connectivity index is 2.65. The number of benzene rings is 1. The van der Waals surface area contributed by atoms with Crippen molar-refractivity contribution in [2.24, 2.45) is 0 Å².